The van der Waals surface area contributed by atoms with Gasteiger partial charge in [0.25, 0.3) is 11.8 Å². The maximum Gasteiger partial charge on any atom is 0.323 e. The average molecular weight is 536 g/mol. The first-order valence-corrected chi connectivity index (χ1v) is 13.4. The molecule has 12 heteroatoms. The number of aromatic amines is 1. The number of hydrazine groups is 1. The molecule has 37 heavy (non-hydrogen) atoms. The zero-order valence-electron chi connectivity index (χ0n) is 20.0. The van der Waals surface area contributed by atoms with Crippen molar-refractivity contribution in [1.29, 1.82) is 0 Å². The molecular weight excluding hydrogens is 510 g/mol. The first kappa shape index (κ1) is 24.7. The number of benzene rings is 1. The van der Waals surface area contributed by atoms with Gasteiger partial charge in [-0.3, -0.25) is 30.9 Å². The summed E-state index contributed by atoms with van der Waals surface area (Å²) >= 11 is 2.77. The number of aromatic nitrogens is 3. The summed E-state index contributed by atoms with van der Waals surface area (Å²) < 4.78 is 0. The highest BCUT2D eigenvalue weighted by Crippen LogP contribution is 2.30. The van der Waals surface area contributed by atoms with Crippen LogP contribution in [0.2, 0.25) is 0 Å². The Morgan fingerprint density at radius 3 is 2.51 bits per heavy atom. The van der Waals surface area contributed by atoms with E-state index in [-0.39, 0.29) is 23.6 Å². The Kier molecular flexibility index (Phi) is 7.28. The van der Waals surface area contributed by atoms with Crippen LogP contribution in [0.3, 0.4) is 0 Å². The van der Waals surface area contributed by atoms with Gasteiger partial charge >= 0.3 is 6.03 Å². The van der Waals surface area contributed by atoms with E-state index >= 15 is 0 Å². The number of rotatable bonds is 5. The van der Waals surface area contributed by atoms with Crippen molar-refractivity contribution in [3.05, 3.63) is 74.4 Å². The highest BCUT2D eigenvalue weighted by atomic mass is 32.1. The van der Waals surface area contributed by atoms with Crippen LogP contribution in [0.15, 0.2) is 53.9 Å². The van der Waals surface area contributed by atoms with Crippen molar-refractivity contribution < 1.29 is 14.4 Å². The number of hydrogen-bond acceptors (Lipinski definition) is 7. The first-order valence-electron chi connectivity index (χ1n) is 11.8. The van der Waals surface area contributed by atoms with Gasteiger partial charge in [0.1, 0.15) is 5.69 Å². The molecule has 1 saturated heterocycles. The smallest absolute Gasteiger partial charge is 0.323 e. The third kappa shape index (κ3) is 5.87. The monoisotopic (exact) mass is 535 g/mol. The van der Waals surface area contributed by atoms with Crippen molar-refractivity contribution in [3.8, 4) is 11.3 Å². The fourth-order valence-electron chi connectivity index (χ4n) is 4.04. The Morgan fingerprint density at radius 1 is 1.03 bits per heavy atom. The normalized spacial score (nSPS) is 13.8. The van der Waals surface area contributed by atoms with E-state index in [0.717, 1.165) is 34.0 Å². The number of aryl methyl sites for hydroxylation is 1. The third-order valence-corrected chi connectivity index (χ3v) is 8.04. The van der Waals surface area contributed by atoms with Gasteiger partial charge in [-0.25, -0.2) is 9.78 Å². The highest BCUT2D eigenvalue weighted by Gasteiger charge is 2.27. The molecule has 0 unspecified atom stereocenters. The van der Waals surface area contributed by atoms with Gasteiger partial charge in [-0.15, -0.1) is 22.7 Å². The Labute approximate surface area is 221 Å². The predicted octanol–water partition coefficient (Wildman–Crippen LogP) is 4.39. The minimum atomic E-state index is -0.463. The molecule has 190 valence electrons. The number of likely N-dealkylation sites (tertiary alicyclic amines) is 1. The van der Waals surface area contributed by atoms with Crippen LogP contribution < -0.4 is 16.2 Å². The summed E-state index contributed by atoms with van der Waals surface area (Å²) in [6.45, 7) is 3.06. The largest absolute Gasteiger partial charge is 0.324 e. The van der Waals surface area contributed by atoms with E-state index in [2.05, 4.69) is 31.3 Å². The number of nitrogens with one attached hydrogen (secondary N) is 4. The van der Waals surface area contributed by atoms with E-state index in [0.29, 0.717) is 23.8 Å². The Morgan fingerprint density at radius 2 is 1.78 bits per heavy atom. The topological polar surface area (TPSA) is 132 Å². The molecule has 1 aromatic carbocycles. The van der Waals surface area contributed by atoms with Crippen LogP contribution in [0, 0.1) is 6.92 Å². The molecule has 5 rings (SSSR count). The van der Waals surface area contributed by atoms with Gasteiger partial charge in [-0.1, -0.05) is 30.3 Å². The quantitative estimate of drug-likeness (QED) is 0.282. The molecule has 0 atom stereocenters. The molecular formula is C25H25N7O3S2. The Balaban J connectivity index is 1.10. The first-order chi connectivity index (χ1) is 18.0. The molecule has 0 aliphatic carbocycles. The Bertz CT molecular complexity index is 1400. The van der Waals surface area contributed by atoms with E-state index in [1.807, 2.05) is 49.4 Å². The minimum absolute atomic E-state index is 0.161. The summed E-state index contributed by atoms with van der Waals surface area (Å²) in [5.41, 5.74) is 6.93. The van der Waals surface area contributed by atoms with Crippen molar-refractivity contribution in [2.45, 2.75) is 25.7 Å². The van der Waals surface area contributed by atoms with Crippen molar-refractivity contribution >= 4 is 46.3 Å². The molecule has 10 nitrogen and oxygen atoms in total. The molecule has 0 saturated carbocycles. The van der Waals surface area contributed by atoms with Crippen LogP contribution in [0.1, 0.15) is 48.8 Å². The van der Waals surface area contributed by atoms with E-state index < -0.39 is 5.91 Å². The fourth-order valence-corrected chi connectivity index (χ4v) is 5.78. The van der Waals surface area contributed by atoms with Gasteiger partial charge in [0, 0.05) is 35.3 Å². The van der Waals surface area contributed by atoms with Crippen molar-refractivity contribution in [1.82, 2.24) is 30.9 Å². The van der Waals surface area contributed by atoms with Crippen LogP contribution >= 0.6 is 22.7 Å². The van der Waals surface area contributed by atoms with Crippen LogP contribution in [-0.2, 0) is 0 Å². The Hall–Kier alpha value is -4.03. The van der Waals surface area contributed by atoms with Crippen molar-refractivity contribution in [3.63, 3.8) is 0 Å². The van der Waals surface area contributed by atoms with E-state index in [9.17, 15) is 14.4 Å². The summed E-state index contributed by atoms with van der Waals surface area (Å²) in [4.78, 5) is 45.1. The maximum absolute atomic E-state index is 12.7. The second kappa shape index (κ2) is 10.9. The number of thiophene rings is 1. The summed E-state index contributed by atoms with van der Waals surface area (Å²) in [5, 5.41) is 12.5. The van der Waals surface area contributed by atoms with Crippen molar-refractivity contribution in [2.24, 2.45) is 0 Å². The summed E-state index contributed by atoms with van der Waals surface area (Å²) in [6.07, 6.45) is 1.48. The molecule has 4 heterocycles. The lowest BCUT2D eigenvalue weighted by Crippen LogP contribution is -2.41. The lowest BCUT2D eigenvalue weighted by molar-refractivity contribution is 0.0846. The number of piperidine rings is 1. The number of urea groups is 1. The molecule has 1 aliphatic heterocycles. The van der Waals surface area contributed by atoms with Gasteiger partial charge in [0.2, 0.25) is 0 Å². The maximum atomic E-state index is 12.7. The SMILES string of the molecule is Cc1ccc(C(=O)NNC(=O)c2csc(C3CCN(C(=O)Nc4cc(-c5ccccc5)[nH]n4)CC3)n2)s1. The van der Waals surface area contributed by atoms with E-state index in [4.69, 9.17) is 0 Å². The van der Waals surface area contributed by atoms with Gasteiger partial charge in [-0.05, 0) is 37.5 Å². The number of nitrogens with zero attached hydrogens (tertiary/aromatic N) is 3. The van der Waals surface area contributed by atoms with Gasteiger partial charge in [0.05, 0.1) is 15.6 Å². The molecule has 1 aliphatic rings. The number of carbonyl (C=O) groups excluding carboxylic acids is 3. The molecule has 4 aromatic rings. The number of anilines is 1. The van der Waals surface area contributed by atoms with Crippen LogP contribution in [0.4, 0.5) is 10.6 Å². The lowest BCUT2D eigenvalue weighted by atomic mass is 9.98. The van der Waals surface area contributed by atoms with Crippen molar-refractivity contribution in [2.75, 3.05) is 18.4 Å². The second-order valence-electron chi connectivity index (χ2n) is 8.61. The molecule has 0 spiro atoms. The van der Waals surface area contributed by atoms with E-state index in [1.165, 1.54) is 22.7 Å². The molecule has 0 radical (unpaired) electrons. The summed E-state index contributed by atoms with van der Waals surface area (Å²) in [6, 6.07) is 15.0. The second-order valence-corrected chi connectivity index (χ2v) is 10.8. The average Bonchev–Trinajstić information content (AvgIpc) is 3.69. The molecule has 4 amide bonds. The van der Waals surface area contributed by atoms with Gasteiger partial charge < -0.3 is 4.90 Å². The molecule has 0 bridgehead atoms. The van der Waals surface area contributed by atoms with Gasteiger partial charge in [-0.2, -0.15) is 5.10 Å². The van der Waals surface area contributed by atoms with E-state index in [1.54, 1.807) is 16.3 Å². The molecule has 1 fully saturated rings. The number of H-pyrrole nitrogens is 1. The van der Waals surface area contributed by atoms with Crippen LogP contribution in [0.25, 0.3) is 11.3 Å². The van der Waals surface area contributed by atoms with Crippen LogP contribution in [-0.4, -0.2) is 51.0 Å². The molecule has 3 aromatic heterocycles. The minimum Gasteiger partial charge on any atom is -0.324 e. The zero-order valence-corrected chi connectivity index (χ0v) is 21.6. The van der Waals surface area contributed by atoms with Gasteiger partial charge in [0.15, 0.2) is 5.82 Å². The standard InChI is InChI=1S/C25H25N7O3S2/c1-15-7-8-20(37-15)23(34)31-30-22(33)19-14-36-24(26-19)17-9-11-32(12-10-17)25(35)27-21-13-18(28-29-21)16-5-3-2-4-6-16/h2-8,13-14,17H,9-12H2,1H3,(H,30,33)(H,31,34)(H2,27,28,29,35). The number of amides is 4. The molecule has 4 N–H and O–H groups in total. The highest BCUT2D eigenvalue weighted by molar-refractivity contribution is 7.14. The summed E-state index contributed by atoms with van der Waals surface area (Å²) in [5.74, 6) is -0.189. The summed E-state index contributed by atoms with van der Waals surface area (Å²) in [7, 11) is 0. The number of hydrogen-bond donors (Lipinski definition) is 4. The number of carbonyl (C=O) groups is 3. The third-order valence-electron chi connectivity index (χ3n) is 6.04. The fraction of sp³-hybridized carbons (Fsp3) is 0.240. The predicted molar refractivity (Wildman–Crippen MR) is 143 cm³/mol. The number of thiazole rings is 1. The van der Waals surface area contributed by atoms with Crippen LogP contribution in [0.5, 0.6) is 0 Å². The zero-order chi connectivity index (χ0) is 25.8. The lowest BCUT2D eigenvalue weighted by Gasteiger charge is -2.30.